The Morgan fingerprint density at radius 1 is 1.23 bits per heavy atom. The van der Waals surface area contributed by atoms with Crippen molar-refractivity contribution in [3.63, 3.8) is 0 Å². The molecule has 2 heteroatoms. The highest BCUT2D eigenvalue weighted by molar-refractivity contribution is 6.25. The minimum atomic E-state index is -0.0986. The van der Waals surface area contributed by atoms with Crippen LogP contribution < -0.4 is 0 Å². The molecule has 0 radical (unpaired) electrons. The van der Waals surface area contributed by atoms with Crippen LogP contribution in [0, 0.1) is 0 Å². The van der Waals surface area contributed by atoms with E-state index in [2.05, 4.69) is 20.8 Å². The summed E-state index contributed by atoms with van der Waals surface area (Å²) in [7, 11) is 0. The molecule has 0 aromatic heterocycles. The Hall–Kier alpha value is 0.580. The fourth-order valence-corrected chi connectivity index (χ4v) is 2.08. The van der Waals surface area contributed by atoms with E-state index in [1.54, 1.807) is 0 Å². The maximum Gasteiger partial charge on any atom is 0.0430 e. The molecular weight excluding hydrogens is 203 g/mol. The third-order valence-electron chi connectivity index (χ3n) is 2.51. The largest absolute Gasteiger partial charge is 0.123 e. The van der Waals surface area contributed by atoms with Crippen LogP contribution in [0.15, 0.2) is 0 Å². The van der Waals surface area contributed by atoms with E-state index in [0.717, 1.165) is 19.3 Å². The summed E-state index contributed by atoms with van der Waals surface area (Å²) in [6, 6.07) is 0. The van der Waals surface area contributed by atoms with Gasteiger partial charge in [-0.3, -0.25) is 0 Å². The van der Waals surface area contributed by atoms with Gasteiger partial charge in [-0.1, -0.05) is 33.1 Å². The van der Waals surface area contributed by atoms with Crippen molar-refractivity contribution in [1.82, 2.24) is 0 Å². The predicted octanol–water partition coefficient (Wildman–Crippen LogP) is 4.97. The molecule has 0 aromatic carbocycles. The highest BCUT2D eigenvalue weighted by Crippen LogP contribution is 2.28. The van der Waals surface area contributed by atoms with Crippen molar-refractivity contribution >= 4 is 23.2 Å². The molecular formula is C11H22Cl2. The van der Waals surface area contributed by atoms with Crippen LogP contribution in [-0.4, -0.2) is 10.3 Å². The third kappa shape index (κ3) is 7.64. The topological polar surface area (TPSA) is 0 Å². The van der Waals surface area contributed by atoms with E-state index in [9.17, 15) is 0 Å². The minimum Gasteiger partial charge on any atom is -0.123 e. The Labute approximate surface area is 93.0 Å². The molecule has 0 rings (SSSR count). The van der Waals surface area contributed by atoms with Crippen LogP contribution in [0.5, 0.6) is 0 Å². The lowest BCUT2D eigenvalue weighted by Crippen LogP contribution is -2.20. The second-order valence-corrected chi connectivity index (χ2v) is 5.59. The molecule has 0 heterocycles. The van der Waals surface area contributed by atoms with E-state index in [1.165, 1.54) is 19.3 Å². The third-order valence-corrected chi connectivity index (χ3v) is 3.30. The van der Waals surface area contributed by atoms with E-state index < -0.39 is 0 Å². The number of hydrogen-bond acceptors (Lipinski definition) is 0. The fourth-order valence-electron chi connectivity index (χ4n) is 1.32. The summed E-state index contributed by atoms with van der Waals surface area (Å²) in [5.74, 6) is 0. The van der Waals surface area contributed by atoms with Crippen LogP contribution in [0.1, 0.15) is 59.3 Å². The monoisotopic (exact) mass is 224 g/mol. The quantitative estimate of drug-likeness (QED) is 0.423. The highest BCUT2D eigenvalue weighted by Gasteiger charge is 2.22. The average Bonchev–Trinajstić information content (AvgIpc) is 2.04. The summed E-state index contributed by atoms with van der Waals surface area (Å²) in [4.78, 5) is -0.0986. The van der Waals surface area contributed by atoms with Gasteiger partial charge in [0.2, 0.25) is 0 Å². The predicted molar refractivity (Wildman–Crippen MR) is 62.9 cm³/mol. The minimum absolute atomic E-state index is 0.0986. The van der Waals surface area contributed by atoms with Crippen LogP contribution in [-0.2, 0) is 0 Å². The van der Waals surface area contributed by atoms with Crippen molar-refractivity contribution in [2.75, 3.05) is 0 Å². The molecule has 13 heavy (non-hydrogen) atoms. The van der Waals surface area contributed by atoms with Crippen molar-refractivity contribution in [2.45, 2.75) is 69.5 Å². The van der Waals surface area contributed by atoms with Gasteiger partial charge in [0.25, 0.3) is 0 Å². The summed E-state index contributed by atoms with van der Waals surface area (Å²) >= 11 is 12.4. The van der Waals surface area contributed by atoms with Crippen LogP contribution >= 0.6 is 23.2 Å². The zero-order valence-corrected chi connectivity index (χ0v) is 10.6. The second-order valence-electron chi connectivity index (χ2n) is 4.06. The molecule has 80 valence electrons. The lowest BCUT2D eigenvalue weighted by molar-refractivity contribution is 0.510. The van der Waals surface area contributed by atoms with Crippen LogP contribution in [0.25, 0.3) is 0 Å². The first kappa shape index (κ1) is 13.6. The van der Waals surface area contributed by atoms with Crippen molar-refractivity contribution < 1.29 is 0 Å². The molecule has 0 aliphatic heterocycles. The summed E-state index contributed by atoms with van der Waals surface area (Å²) in [6.07, 6.45) is 6.81. The molecule has 0 spiro atoms. The molecule has 0 saturated heterocycles. The van der Waals surface area contributed by atoms with Crippen LogP contribution in [0.4, 0.5) is 0 Å². The van der Waals surface area contributed by atoms with Gasteiger partial charge in [0.15, 0.2) is 0 Å². The van der Waals surface area contributed by atoms with Gasteiger partial charge >= 0.3 is 0 Å². The van der Waals surface area contributed by atoms with Gasteiger partial charge in [0.05, 0.1) is 0 Å². The van der Waals surface area contributed by atoms with Crippen LogP contribution in [0.3, 0.4) is 0 Å². The molecule has 0 aromatic rings. The number of hydrogen-bond donors (Lipinski definition) is 0. The van der Waals surface area contributed by atoms with E-state index in [4.69, 9.17) is 23.2 Å². The Bertz CT molecular complexity index is 121. The molecule has 0 amide bonds. The molecule has 0 saturated carbocycles. The van der Waals surface area contributed by atoms with Gasteiger partial charge in [-0.15, -0.1) is 23.2 Å². The number of halogens is 2. The molecule has 0 N–H and O–H groups in total. The van der Waals surface area contributed by atoms with Crippen LogP contribution in [0.2, 0.25) is 0 Å². The fraction of sp³-hybridized carbons (Fsp3) is 1.00. The molecule has 0 bridgehead atoms. The average molecular weight is 225 g/mol. The van der Waals surface area contributed by atoms with E-state index in [0.29, 0.717) is 0 Å². The number of alkyl halides is 2. The molecule has 2 atom stereocenters. The van der Waals surface area contributed by atoms with Crippen molar-refractivity contribution in [3.05, 3.63) is 0 Å². The van der Waals surface area contributed by atoms with Gasteiger partial charge in [-0.25, -0.2) is 0 Å². The van der Waals surface area contributed by atoms with Gasteiger partial charge < -0.3 is 0 Å². The number of rotatable bonds is 7. The van der Waals surface area contributed by atoms with Crippen molar-refractivity contribution in [1.29, 1.82) is 0 Å². The first-order chi connectivity index (χ1) is 6.02. The zero-order chi connectivity index (χ0) is 10.3. The summed E-state index contributed by atoms with van der Waals surface area (Å²) in [6.45, 7) is 6.40. The highest BCUT2D eigenvalue weighted by atomic mass is 35.5. The SMILES string of the molecule is CCCCCC(Cl)CC(C)(Cl)CC. The first-order valence-corrected chi connectivity index (χ1v) is 6.16. The Morgan fingerprint density at radius 3 is 2.31 bits per heavy atom. The van der Waals surface area contributed by atoms with Gasteiger partial charge in [0.1, 0.15) is 0 Å². The molecule has 0 nitrogen and oxygen atoms in total. The van der Waals surface area contributed by atoms with Crippen molar-refractivity contribution in [2.24, 2.45) is 0 Å². The molecule has 2 unspecified atom stereocenters. The number of unbranched alkanes of at least 4 members (excludes halogenated alkanes) is 2. The standard InChI is InChI=1S/C11H22Cl2/c1-4-6-7-8-10(12)9-11(3,13)5-2/h10H,4-9H2,1-3H3. The zero-order valence-electron chi connectivity index (χ0n) is 9.08. The molecule has 0 aliphatic carbocycles. The van der Waals surface area contributed by atoms with Gasteiger partial charge in [0, 0.05) is 10.3 Å². The maximum atomic E-state index is 6.24. The smallest absolute Gasteiger partial charge is 0.0430 e. The lowest BCUT2D eigenvalue weighted by atomic mass is 9.99. The normalized spacial score (nSPS) is 18.2. The Morgan fingerprint density at radius 2 is 1.85 bits per heavy atom. The van der Waals surface area contributed by atoms with E-state index in [-0.39, 0.29) is 10.3 Å². The van der Waals surface area contributed by atoms with Gasteiger partial charge in [-0.05, 0) is 26.2 Å². The Balaban J connectivity index is 3.55. The van der Waals surface area contributed by atoms with E-state index in [1.807, 2.05) is 0 Å². The summed E-state index contributed by atoms with van der Waals surface area (Å²) < 4.78 is 0. The summed E-state index contributed by atoms with van der Waals surface area (Å²) in [5, 5.41) is 0.258. The molecule has 0 aliphatic rings. The maximum absolute atomic E-state index is 6.24. The second kappa shape index (κ2) is 6.95. The lowest BCUT2D eigenvalue weighted by Gasteiger charge is -2.22. The van der Waals surface area contributed by atoms with Crippen molar-refractivity contribution in [3.8, 4) is 0 Å². The molecule has 0 fully saturated rings. The first-order valence-electron chi connectivity index (χ1n) is 5.35. The van der Waals surface area contributed by atoms with Gasteiger partial charge in [-0.2, -0.15) is 0 Å². The van der Waals surface area contributed by atoms with E-state index >= 15 is 0 Å². The summed E-state index contributed by atoms with van der Waals surface area (Å²) in [5.41, 5.74) is 0. The Kier molecular flexibility index (Phi) is 7.26.